The van der Waals surface area contributed by atoms with Crippen molar-refractivity contribution in [1.29, 1.82) is 0 Å². The van der Waals surface area contributed by atoms with E-state index < -0.39 is 0 Å². The van der Waals surface area contributed by atoms with Gasteiger partial charge in [-0.15, -0.1) is 0 Å². The van der Waals surface area contributed by atoms with Gasteiger partial charge in [-0.1, -0.05) is 39.0 Å². The van der Waals surface area contributed by atoms with Gasteiger partial charge in [-0.05, 0) is 73.3 Å². The molecule has 0 fully saturated rings. The van der Waals surface area contributed by atoms with Crippen LogP contribution in [0.15, 0.2) is 24.3 Å². The van der Waals surface area contributed by atoms with Gasteiger partial charge in [0.2, 0.25) is 0 Å². The van der Waals surface area contributed by atoms with Crippen molar-refractivity contribution in [3.63, 3.8) is 0 Å². The molecule has 0 saturated carbocycles. The first kappa shape index (κ1) is 15.3. The maximum atomic E-state index is 5.11. The van der Waals surface area contributed by atoms with Crippen LogP contribution in [0.3, 0.4) is 0 Å². The Morgan fingerprint density at radius 1 is 1.14 bits per heavy atom. The van der Waals surface area contributed by atoms with Gasteiger partial charge in [0.15, 0.2) is 0 Å². The molecule has 3 rings (SSSR count). The van der Waals surface area contributed by atoms with E-state index in [1.807, 2.05) is 0 Å². The SMILES string of the molecule is CCc1cccc(CC)c1-c1cc(C)c2c(n1)CCCC2C. The summed E-state index contributed by atoms with van der Waals surface area (Å²) in [6.45, 7) is 9.10. The number of hydrogen-bond acceptors (Lipinski definition) is 1. The molecule has 1 aliphatic carbocycles. The molecule has 116 valence electrons. The van der Waals surface area contributed by atoms with Gasteiger partial charge in [0, 0.05) is 11.3 Å². The molecular formula is C21H27N. The molecule has 1 heteroatoms. The standard InChI is InChI=1S/C21H27N/c1-5-16-10-8-11-17(6-2)21(16)19-13-15(4)20-14(3)9-7-12-18(20)22-19/h8,10-11,13-14H,5-7,9,12H2,1-4H3. The third-order valence-electron chi connectivity index (χ3n) is 5.14. The lowest BCUT2D eigenvalue weighted by Crippen LogP contribution is -2.12. The van der Waals surface area contributed by atoms with Crippen molar-refractivity contribution in [3.8, 4) is 11.3 Å². The molecule has 0 saturated heterocycles. The number of hydrogen-bond donors (Lipinski definition) is 0. The van der Waals surface area contributed by atoms with E-state index in [0.717, 1.165) is 19.3 Å². The molecule has 0 amide bonds. The molecule has 0 radical (unpaired) electrons. The average Bonchev–Trinajstić information content (AvgIpc) is 2.53. The molecular weight excluding hydrogens is 266 g/mol. The highest BCUT2D eigenvalue weighted by molar-refractivity contribution is 5.69. The van der Waals surface area contributed by atoms with Crippen LogP contribution in [-0.2, 0) is 19.3 Å². The second kappa shape index (κ2) is 6.24. The summed E-state index contributed by atoms with van der Waals surface area (Å²) in [7, 11) is 0. The first-order valence-corrected chi connectivity index (χ1v) is 8.77. The molecule has 0 spiro atoms. The van der Waals surface area contributed by atoms with Crippen molar-refractivity contribution in [2.75, 3.05) is 0 Å². The normalized spacial score (nSPS) is 17.4. The number of aromatic nitrogens is 1. The minimum absolute atomic E-state index is 0.664. The van der Waals surface area contributed by atoms with E-state index in [2.05, 4.69) is 52.0 Å². The van der Waals surface area contributed by atoms with Crippen LogP contribution in [0.4, 0.5) is 0 Å². The zero-order valence-electron chi connectivity index (χ0n) is 14.4. The van der Waals surface area contributed by atoms with E-state index in [1.54, 1.807) is 0 Å². The highest BCUT2D eigenvalue weighted by Gasteiger charge is 2.21. The van der Waals surface area contributed by atoms with Crippen molar-refractivity contribution in [2.24, 2.45) is 0 Å². The van der Waals surface area contributed by atoms with Gasteiger partial charge in [0.1, 0.15) is 0 Å². The van der Waals surface area contributed by atoms with Crippen LogP contribution < -0.4 is 0 Å². The highest BCUT2D eigenvalue weighted by atomic mass is 14.7. The number of rotatable bonds is 3. The van der Waals surface area contributed by atoms with Gasteiger partial charge in [-0.3, -0.25) is 4.98 Å². The van der Waals surface area contributed by atoms with Gasteiger partial charge < -0.3 is 0 Å². The highest BCUT2D eigenvalue weighted by Crippen LogP contribution is 2.36. The van der Waals surface area contributed by atoms with Crippen molar-refractivity contribution in [2.45, 2.75) is 65.7 Å². The van der Waals surface area contributed by atoms with Crippen molar-refractivity contribution in [3.05, 3.63) is 52.2 Å². The second-order valence-electron chi connectivity index (χ2n) is 6.64. The number of fused-ring (bicyclic) bond motifs is 1. The summed E-state index contributed by atoms with van der Waals surface area (Å²) in [5.41, 5.74) is 9.73. The predicted molar refractivity (Wildman–Crippen MR) is 94.5 cm³/mol. The first-order chi connectivity index (χ1) is 10.7. The van der Waals surface area contributed by atoms with Gasteiger partial charge in [0.05, 0.1) is 5.69 Å². The third kappa shape index (κ3) is 2.58. The molecule has 1 unspecified atom stereocenters. The van der Waals surface area contributed by atoms with Crippen molar-refractivity contribution >= 4 is 0 Å². The molecule has 0 bridgehead atoms. The third-order valence-corrected chi connectivity index (χ3v) is 5.14. The molecule has 0 aliphatic heterocycles. The maximum Gasteiger partial charge on any atom is 0.0713 e. The van der Waals surface area contributed by atoms with E-state index in [4.69, 9.17) is 4.98 Å². The Kier molecular flexibility index (Phi) is 4.33. The van der Waals surface area contributed by atoms with Crippen LogP contribution in [0.2, 0.25) is 0 Å². The van der Waals surface area contributed by atoms with Crippen LogP contribution in [0.1, 0.15) is 67.5 Å². The fourth-order valence-corrected chi connectivity index (χ4v) is 4.03. The number of benzene rings is 1. The van der Waals surface area contributed by atoms with Gasteiger partial charge in [-0.25, -0.2) is 0 Å². The Bertz CT molecular complexity index is 662. The Balaban J connectivity index is 2.20. The Hall–Kier alpha value is -1.63. The monoisotopic (exact) mass is 293 g/mol. The van der Waals surface area contributed by atoms with Crippen LogP contribution >= 0.6 is 0 Å². The largest absolute Gasteiger partial charge is 0.253 e. The second-order valence-corrected chi connectivity index (χ2v) is 6.64. The topological polar surface area (TPSA) is 12.9 Å². The summed E-state index contributed by atoms with van der Waals surface area (Å²) in [5.74, 6) is 0.664. The summed E-state index contributed by atoms with van der Waals surface area (Å²) in [4.78, 5) is 5.11. The number of aryl methyl sites for hydroxylation is 4. The lowest BCUT2D eigenvalue weighted by molar-refractivity contribution is 0.576. The van der Waals surface area contributed by atoms with E-state index in [9.17, 15) is 0 Å². The van der Waals surface area contributed by atoms with Gasteiger partial charge in [-0.2, -0.15) is 0 Å². The molecule has 1 heterocycles. The zero-order chi connectivity index (χ0) is 15.7. The fourth-order valence-electron chi connectivity index (χ4n) is 4.03. The molecule has 1 aromatic carbocycles. The molecule has 1 aromatic heterocycles. The Morgan fingerprint density at radius 3 is 2.45 bits per heavy atom. The summed E-state index contributed by atoms with van der Waals surface area (Å²) in [6, 6.07) is 9.03. The lowest BCUT2D eigenvalue weighted by Gasteiger charge is -2.25. The van der Waals surface area contributed by atoms with E-state index >= 15 is 0 Å². The average molecular weight is 293 g/mol. The molecule has 22 heavy (non-hydrogen) atoms. The Morgan fingerprint density at radius 2 is 1.82 bits per heavy atom. The molecule has 1 atom stereocenters. The number of nitrogens with zero attached hydrogens (tertiary/aromatic N) is 1. The molecule has 1 aliphatic rings. The predicted octanol–water partition coefficient (Wildman–Crippen LogP) is 5.62. The Labute approximate surface area is 134 Å². The van der Waals surface area contributed by atoms with Crippen molar-refractivity contribution < 1.29 is 0 Å². The van der Waals surface area contributed by atoms with E-state index in [0.29, 0.717) is 5.92 Å². The summed E-state index contributed by atoms with van der Waals surface area (Å²) in [6.07, 6.45) is 5.86. The fraction of sp³-hybridized carbons (Fsp3) is 0.476. The van der Waals surface area contributed by atoms with Crippen molar-refractivity contribution in [1.82, 2.24) is 4.98 Å². The minimum atomic E-state index is 0.664. The minimum Gasteiger partial charge on any atom is -0.253 e. The molecule has 0 N–H and O–H groups in total. The van der Waals surface area contributed by atoms with Gasteiger partial charge >= 0.3 is 0 Å². The molecule has 2 aromatic rings. The van der Waals surface area contributed by atoms with Crippen LogP contribution in [0.25, 0.3) is 11.3 Å². The van der Waals surface area contributed by atoms with Gasteiger partial charge in [0.25, 0.3) is 0 Å². The smallest absolute Gasteiger partial charge is 0.0713 e. The van der Waals surface area contributed by atoms with E-state index in [-0.39, 0.29) is 0 Å². The summed E-state index contributed by atoms with van der Waals surface area (Å²) in [5, 5.41) is 0. The lowest BCUT2D eigenvalue weighted by atomic mass is 9.83. The first-order valence-electron chi connectivity index (χ1n) is 8.77. The molecule has 1 nitrogen and oxygen atoms in total. The summed E-state index contributed by atoms with van der Waals surface area (Å²) < 4.78 is 0. The van der Waals surface area contributed by atoms with E-state index in [1.165, 1.54) is 52.0 Å². The quantitative estimate of drug-likeness (QED) is 0.715. The summed E-state index contributed by atoms with van der Waals surface area (Å²) >= 11 is 0. The zero-order valence-corrected chi connectivity index (χ0v) is 14.4. The maximum absolute atomic E-state index is 5.11. The number of pyridine rings is 1. The van der Waals surface area contributed by atoms with Crippen LogP contribution in [0, 0.1) is 6.92 Å². The van der Waals surface area contributed by atoms with Crippen LogP contribution in [0.5, 0.6) is 0 Å². The van der Waals surface area contributed by atoms with Crippen LogP contribution in [-0.4, -0.2) is 4.98 Å².